The molecule has 4 nitrogen and oxygen atoms in total. The van der Waals surface area contributed by atoms with E-state index in [0.29, 0.717) is 11.4 Å². The fraction of sp³-hybridized carbons (Fsp3) is 0.333. The van der Waals surface area contributed by atoms with Crippen LogP contribution in [0, 0.1) is 0 Å². The SMILES string of the molecule is CC(=O)NCc1ccc(C(=O)CO)s1. The predicted octanol–water partition coefficient (Wildman–Crippen LogP) is 0.559. The Bertz CT molecular complexity index is 346. The second kappa shape index (κ2) is 4.88. The molecular formula is C9H11NO3S. The zero-order chi connectivity index (χ0) is 10.6. The number of nitrogens with one attached hydrogen (secondary N) is 1. The summed E-state index contributed by atoms with van der Waals surface area (Å²) in [5.74, 6) is -0.391. The molecular weight excluding hydrogens is 202 g/mol. The molecule has 0 unspecified atom stereocenters. The number of thiophene rings is 1. The van der Waals surface area contributed by atoms with Gasteiger partial charge in [0.15, 0.2) is 5.78 Å². The van der Waals surface area contributed by atoms with Crippen LogP contribution >= 0.6 is 11.3 Å². The molecule has 0 atom stereocenters. The smallest absolute Gasteiger partial charge is 0.217 e. The molecule has 14 heavy (non-hydrogen) atoms. The largest absolute Gasteiger partial charge is 0.388 e. The lowest BCUT2D eigenvalue weighted by Crippen LogP contribution is -2.18. The number of rotatable bonds is 4. The van der Waals surface area contributed by atoms with Crippen molar-refractivity contribution in [3.8, 4) is 0 Å². The lowest BCUT2D eigenvalue weighted by Gasteiger charge is -1.96. The van der Waals surface area contributed by atoms with Crippen LogP contribution in [-0.2, 0) is 11.3 Å². The zero-order valence-electron chi connectivity index (χ0n) is 7.74. The van der Waals surface area contributed by atoms with Gasteiger partial charge in [-0.2, -0.15) is 0 Å². The summed E-state index contributed by atoms with van der Waals surface area (Å²) >= 11 is 1.28. The quantitative estimate of drug-likeness (QED) is 0.718. The summed E-state index contributed by atoms with van der Waals surface area (Å²) in [6.07, 6.45) is 0. The summed E-state index contributed by atoms with van der Waals surface area (Å²) in [6, 6.07) is 3.42. The maximum atomic E-state index is 11.0. The van der Waals surface area contributed by atoms with E-state index in [2.05, 4.69) is 5.32 Å². The average Bonchev–Trinajstić information content (AvgIpc) is 2.62. The Morgan fingerprint density at radius 3 is 2.79 bits per heavy atom. The van der Waals surface area contributed by atoms with Gasteiger partial charge in [0.2, 0.25) is 5.91 Å². The van der Waals surface area contributed by atoms with E-state index in [9.17, 15) is 9.59 Å². The van der Waals surface area contributed by atoms with Crippen LogP contribution in [0.25, 0.3) is 0 Å². The Balaban J connectivity index is 2.59. The fourth-order valence-electron chi connectivity index (χ4n) is 0.912. The summed E-state index contributed by atoms with van der Waals surface area (Å²) in [6.45, 7) is 1.40. The number of hydrogen-bond acceptors (Lipinski definition) is 4. The van der Waals surface area contributed by atoms with Gasteiger partial charge in [0.1, 0.15) is 6.61 Å². The monoisotopic (exact) mass is 213 g/mol. The molecule has 2 N–H and O–H groups in total. The van der Waals surface area contributed by atoms with Gasteiger partial charge in [-0.1, -0.05) is 0 Å². The molecule has 0 spiro atoms. The summed E-state index contributed by atoms with van der Waals surface area (Å²) in [5, 5.41) is 11.2. The van der Waals surface area contributed by atoms with Crippen molar-refractivity contribution in [2.75, 3.05) is 6.61 Å². The second-order valence-corrected chi connectivity index (χ2v) is 3.93. The van der Waals surface area contributed by atoms with Crippen LogP contribution in [-0.4, -0.2) is 23.4 Å². The van der Waals surface area contributed by atoms with Crippen LogP contribution in [0.3, 0.4) is 0 Å². The maximum absolute atomic E-state index is 11.0. The molecule has 0 saturated heterocycles. The first-order valence-electron chi connectivity index (χ1n) is 4.10. The zero-order valence-corrected chi connectivity index (χ0v) is 8.56. The summed E-state index contributed by atoms with van der Waals surface area (Å²) in [7, 11) is 0. The van der Waals surface area contributed by atoms with E-state index in [4.69, 9.17) is 5.11 Å². The van der Waals surface area contributed by atoms with Crippen molar-refractivity contribution >= 4 is 23.0 Å². The predicted molar refractivity (Wildman–Crippen MR) is 53.3 cm³/mol. The number of carbonyl (C=O) groups is 2. The lowest BCUT2D eigenvalue weighted by atomic mass is 10.3. The number of ketones is 1. The standard InChI is InChI=1S/C9H11NO3S/c1-6(12)10-4-7-2-3-9(14-7)8(13)5-11/h2-3,11H,4-5H2,1H3,(H,10,12). The van der Waals surface area contributed by atoms with Crippen molar-refractivity contribution in [2.24, 2.45) is 0 Å². The summed E-state index contributed by atoms with van der Waals surface area (Å²) < 4.78 is 0. The first-order chi connectivity index (χ1) is 6.63. The molecule has 0 aromatic carbocycles. The summed E-state index contributed by atoms with van der Waals surface area (Å²) in [4.78, 5) is 23.1. The van der Waals surface area contributed by atoms with Crippen molar-refractivity contribution in [3.63, 3.8) is 0 Å². The molecule has 0 aliphatic carbocycles. The molecule has 0 fully saturated rings. The van der Waals surface area contributed by atoms with Crippen LogP contribution in [0.2, 0.25) is 0 Å². The molecule has 0 bridgehead atoms. The van der Waals surface area contributed by atoms with E-state index in [1.807, 2.05) is 0 Å². The Hall–Kier alpha value is -1.20. The van der Waals surface area contributed by atoms with Crippen LogP contribution in [0.5, 0.6) is 0 Å². The molecule has 1 aromatic rings. The van der Waals surface area contributed by atoms with E-state index < -0.39 is 6.61 Å². The number of aliphatic hydroxyl groups excluding tert-OH is 1. The maximum Gasteiger partial charge on any atom is 0.217 e. The van der Waals surface area contributed by atoms with E-state index >= 15 is 0 Å². The minimum absolute atomic E-state index is 0.103. The van der Waals surface area contributed by atoms with Crippen molar-refractivity contribution in [1.82, 2.24) is 5.32 Å². The van der Waals surface area contributed by atoms with Crippen LogP contribution in [0.15, 0.2) is 12.1 Å². The Kier molecular flexibility index (Phi) is 3.79. The van der Waals surface area contributed by atoms with Gasteiger partial charge in [-0.05, 0) is 12.1 Å². The fourth-order valence-corrected chi connectivity index (χ4v) is 1.79. The third-order valence-electron chi connectivity index (χ3n) is 1.59. The molecule has 1 amide bonds. The second-order valence-electron chi connectivity index (χ2n) is 2.76. The topological polar surface area (TPSA) is 66.4 Å². The van der Waals surface area contributed by atoms with Crippen molar-refractivity contribution in [1.29, 1.82) is 0 Å². The molecule has 5 heteroatoms. The number of Topliss-reactive ketones (excluding diaryl/α,β-unsaturated/α-hetero) is 1. The number of amides is 1. The summed E-state index contributed by atoms with van der Waals surface area (Å²) in [5.41, 5.74) is 0. The minimum Gasteiger partial charge on any atom is -0.388 e. The van der Waals surface area contributed by atoms with Gasteiger partial charge in [0.25, 0.3) is 0 Å². The highest BCUT2D eigenvalue weighted by atomic mass is 32.1. The third-order valence-corrected chi connectivity index (χ3v) is 2.72. The van der Waals surface area contributed by atoms with Crippen LogP contribution in [0.1, 0.15) is 21.5 Å². The van der Waals surface area contributed by atoms with Crippen LogP contribution < -0.4 is 5.32 Å². The van der Waals surface area contributed by atoms with Gasteiger partial charge in [-0.25, -0.2) is 0 Å². The molecule has 0 aliphatic heterocycles. The molecule has 1 rings (SSSR count). The van der Waals surface area contributed by atoms with Crippen molar-refractivity contribution in [3.05, 3.63) is 21.9 Å². The molecule has 1 aromatic heterocycles. The highest BCUT2D eigenvalue weighted by molar-refractivity contribution is 7.14. The van der Waals surface area contributed by atoms with Gasteiger partial charge >= 0.3 is 0 Å². The molecule has 76 valence electrons. The van der Waals surface area contributed by atoms with Crippen molar-refractivity contribution < 1.29 is 14.7 Å². The third kappa shape index (κ3) is 2.93. The van der Waals surface area contributed by atoms with Gasteiger partial charge in [-0.3, -0.25) is 9.59 Å². The van der Waals surface area contributed by atoms with Gasteiger partial charge in [0.05, 0.1) is 11.4 Å². The Morgan fingerprint density at radius 1 is 1.50 bits per heavy atom. The van der Waals surface area contributed by atoms with E-state index in [1.54, 1.807) is 12.1 Å². The Labute approximate surface area is 85.6 Å². The molecule has 0 radical (unpaired) electrons. The minimum atomic E-state index is -0.472. The highest BCUT2D eigenvalue weighted by Crippen LogP contribution is 2.16. The Morgan fingerprint density at radius 2 is 2.21 bits per heavy atom. The van der Waals surface area contributed by atoms with Gasteiger partial charge < -0.3 is 10.4 Å². The van der Waals surface area contributed by atoms with Gasteiger partial charge in [-0.15, -0.1) is 11.3 Å². The number of hydrogen-bond donors (Lipinski definition) is 2. The first kappa shape index (κ1) is 10.9. The normalized spacial score (nSPS) is 9.86. The van der Waals surface area contributed by atoms with E-state index in [0.717, 1.165) is 4.88 Å². The molecule has 0 saturated carbocycles. The highest BCUT2D eigenvalue weighted by Gasteiger charge is 2.07. The number of carbonyl (C=O) groups excluding carboxylic acids is 2. The number of aliphatic hydroxyl groups is 1. The van der Waals surface area contributed by atoms with E-state index in [1.165, 1.54) is 18.3 Å². The van der Waals surface area contributed by atoms with Crippen LogP contribution in [0.4, 0.5) is 0 Å². The average molecular weight is 213 g/mol. The lowest BCUT2D eigenvalue weighted by molar-refractivity contribution is -0.119. The molecule has 0 aliphatic rings. The first-order valence-corrected chi connectivity index (χ1v) is 4.92. The van der Waals surface area contributed by atoms with Crippen molar-refractivity contribution in [2.45, 2.75) is 13.5 Å². The molecule has 1 heterocycles. The van der Waals surface area contributed by atoms with E-state index in [-0.39, 0.29) is 11.7 Å². The van der Waals surface area contributed by atoms with Gasteiger partial charge in [0, 0.05) is 11.8 Å².